The second-order valence-corrected chi connectivity index (χ2v) is 5.79. The molecule has 0 bridgehead atoms. The minimum atomic E-state index is -0.570. The second kappa shape index (κ2) is 8.43. The number of carbonyl (C=O) groups is 2. The molecule has 0 spiro atoms. The van der Waals surface area contributed by atoms with Crippen molar-refractivity contribution in [1.29, 1.82) is 0 Å². The minimum absolute atomic E-state index is 0.0941. The number of carbonyl (C=O) groups excluding carboxylic acids is 2. The number of rotatable bonds is 6. The van der Waals surface area contributed by atoms with Crippen LogP contribution in [0.15, 0.2) is 36.5 Å². The molecule has 2 rings (SSSR count). The van der Waals surface area contributed by atoms with Gasteiger partial charge in [-0.25, -0.2) is 9.37 Å². The topological polar surface area (TPSA) is 71.5 Å². The molecule has 132 valence electrons. The molecule has 1 aromatic heterocycles. The average molecular weight is 366 g/mol. The Bertz CT molecular complexity index is 785. The van der Waals surface area contributed by atoms with E-state index in [1.807, 2.05) is 13.0 Å². The summed E-state index contributed by atoms with van der Waals surface area (Å²) in [5.74, 6) is -0.671. The summed E-state index contributed by atoms with van der Waals surface area (Å²) in [5, 5.41) is 2.52. The van der Waals surface area contributed by atoms with Crippen LogP contribution in [-0.4, -0.2) is 41.9 Å². The number of hydrogen-bond donors (Lipinski definition) is 1. The Morgan fingerprint density at radius 1 is 1.32 bits per heavy atom. The average Bonchev–Trinajstić information content (AvgIpc) is 2.55. The number of aromatic nitrogens is 1. The summed E-state index contributed by atoms with van der Waals surface area (Å²) in [6.45, 7) is 1.43. The highest BCUT2D eigenvalue weighted by molar-refractivity contribution is 6.30. The summed E-state index contributed by atoms with van der Waals surface area (Å²) >= 11 is 5.64. The molecule has 1 heterocycles. The van der Waals surface area contributed by atoms with Crippen LogP contribution in [0.2, 0.25) is 5.02 Å². The Kier molecular flexibility index (Phi) is 6.30. The Hall–Kier alpha value is -2.67. The number of anilines is 1. The predicted octanol–water partition coefficient (Wildman–Crippen LogP) is 2.66. The zero-order valence-electron chi connectivity index (χ0n) is 13.8. The van der Waals surface area contributed by atoms with Gasteiger partial charge in [0.1, 0.15) is 17.4 Å². The molecule has 2 amide bonds. The molecule has 0 saturated carbocycles. The molecular weight excluding hydrogens is 349 g/mol. The Morgan fingerprint density at radius 3 is 2.76 bits per heavy atom. The van der Waals surface area contributed by atoms with Crippen molar-refractivity contribution in [1.82, 2.24) is 9.88 Å². The maximum Gasteiger partial charge on any atom is 0.260 e. The molecule has 2 aromatic rings. The van der Waals surface area contributed by atoms with Crippen molar-refractivity contribution in [3.05, 3.63) is 52.9 Å². The number of hydrogen-bond acceptors (Lipinski definition) is 4. The molecule has 0 aliphatic carbocycles. The van der Waals surface area contributed by atoms with E-state index >= 15 is 0 Å². The van der Waals surface area contributed by atoms with E-state index < -0.39 is 11.7 Å². The van der Waals surface area contributed by atoms with E-state index in [2.05, 4.69) is 10.3 Å². The first-order valence-corrected chi connectivity index (χ1v) is 7.77. The van der Waals surface area contributed by atoms with E-state index in [1.54, 1.807) is 12.3 Å². The van der Waals surface area contributed by atoms with Crippen LogP contribution in [0.5, 0.6) is 5.75 Å². The molecule has 25 heavy (non-hydrogen) atoms. The third-order valence-corrected chi connectivity index (χ3v) is 3.53. The maximum absolute atomic E-state index is 13.1. The molecule has 0 saturated heterocycles. The van der Waals surface area contributed by atoms with Crippen LogP contribution in [0, 0.1) is 12.7 Å². The van der Waals surface area contributed by atoms with Crippen molar-refractivity contribution in [3.8, 4) is 5.75 Å². The number of benzene rings is 1. The first kappa shape index (κ1) is 18.7. The molecule has 0 aliphatic rings. The lowest BCUT2D eigenvalue weighted by Crippen LogP contribution is -2.37. The summed E-state index contributed by atoms with van der Waals surface area (Å²) in [6, 6.07) is 7.32. The van der Waals surface area contributed by atoms with Crippen LogP contribution >= 0.6 is 11.6 Å². The van der Waals surface area contributed by atoms with Crippen molar-refractivity contribution >= 4 is 29.2 Å². The Balaban J connectivity index is 1.82. The largest absolute Gasteiger partial charge is 0.484 e. The molecule has 0 unspecified atom stereocenters. The van der Waals surface area contributed by atoms with Crippen LogP contribution in [0.1, 0.15) is 5.56 Å². The normalized spacial score (nSPS) is 10.2. The number of pyridine rings is 1. The van der Waals surface area contributed by atoms with Crippen molar-refractivity contribution in [3.63, 3.8) is 0 Å². The smallest absolute Gasteiger partial charge is 0.260 e. The SMILES string of the molecule is Cc1ccnc(NC(=O)CN(C)C(=O)COc2ccc(F)c(Cl)c2)c1. The molecule has 1 N–H and O–H groups in total. The van der Waals surface area contributed by atoms with Gasteiger partial charge in [-0.2, -0.15) is 0 Å². The highest BCUT2D eigenvalue weighted by atomic mass is 35.5. The lowest BCUT2D eigenvalue weighted by atomic mass is 10.3. The van der Waals surface area contributed by atoms with Crippen molar-refractivity contribution in [2.24, 2.45) is 0 Å². The fraction of sp³-hybridized carbons (Fsp3) is 0.235. The summed E-state index contributed by atoms with van der Waals surface area (Å²) in [7, 11) is 1.48. The fourth-order valence-corrected chi connectivity index (χ4v) is 2.08. The van der Waals surface area contributed by atoms with E-state index in [1.165, 1.54) is 24.1 Å². The lowest BCUT2D eigenvalue weighted by molar-refractivity contribution is -0.135. The van der Waals surface area contributed by atoms with Crippen LogP contribution in [0.3, 0.4) is 0 Å². The van der Waals surface area contributed by atoms with Gasteiger partial charge in [-0.3, -0.25) is 9.59 Å². The van der Waals surface area contributed by atoms with E-state index in [4.69, 9.17) is 16.3 Å². The molecule has 6 nitrogen and oxygen atoms in total. The van der Waals surface area contributed by atoms with Crippen LogP contribution in [0.4, 0.5) is 10.2 Å². The zero-order valence-corrected chi connectivity index (χ0v) is 14.5. The third kappa shape index (κ3) is 5.72. The molecular formula is C17H17ClFN3O3. The number of halogens is 2. The van der Waals surface area contributed by atoms with Gasteiger partial charge in [-0.05, 0) is 36.8 Å². The number of likely N-dealkylation sites (N-methyl/N-ethyl adjacent to an activating group) is 1. The van der Waals surface area contributed by atoms with Gasteiger partial charge >= 0.3 is 0 Å². The molecule has 0 fully saturated rings. The monoisotopic (exact) mass is 365 g/mol. The molecule has 1 aromatic carbocycles. The van der Waals surface area contributed by atoms with Gasteiger partial charge in [0.2, 0.25) is 5.91 Å². The Labute approximate surface area is 149 Å². The minimum Gasteiger partial charge on any atom is -0.484 e. The predicted molar refractivity (Wildman–Crippen MR) is 92.1 cm³/mol. The van der Waals surface area contributed by atoms with Gasteiger partial charge in [0.05, 0.1) is 11.6 Å². The number of aryl methyl sites for hydroxylation is 1. The third-order valence-electron chi connectivity index (χ3n) is 3.24. The fourth-order valence-electron chi connectivity index (χ4n) is 1.91. The lowest BCUT2D eigenvalue weighted by Gasteiger charge is -2.17. The van der Waals surface area contributed by atoms with Gasteiger partial charge in [0.25, 0.3) is 5.91 Å². The second-order valence-electron chi connectivity index (χ2n) is 5.38. The van der Waals surface area contributed by atoms with Gasteiger partial charge in [0.15, 0.2) is 6.61 Å². The summed E-state index contributed by atoms with van der Waals surface area (Å²) in [5.41, 5.74) is 0.959. The Morgan fingerprint density at radius 2 is 2.08 bits per heavy atom. The van der Waals surface area contributed by atoms with Crippen molar-refractivity contribution < 1.29 is 18.7 Å². The van der Waals surface area contributed by atoms with E-state index in [0.717, 1.165) is 11.6 Å². The molecule has 0 aliphatic heterocycles. The van der Waals surface area contributed by atoms with Crippen LogP contribution in [0.25, 0.3) is 0 Å². The van der Waals surface area contributed by atoms with Gasteiger partial charge < -0.3 is 15.0 Å². The van der Waals surface area contributed by atoms with E-state index in [0.29, 0.717) is 5.82 Å². The first-order valence-electron chi connectivity index (χ1n) is 7.39. The molecule has 8 heteroatoms. The first-order chi connectivity index (χ1) is 11.8. The zero-order chi connectivity index (χ0) is 18.4. The summed E-state index contributed by atoms with van der Waals surface area (Å²) in [4.78, 5) is 29.2. The van der Waals surface area contributed by atoms with Crippen LogP contribution in [-0.2, 0) is 9.59 Å². The highest BCUT2D eigenvalue weighted by Gasteiger charge is 2.14. The standard InChI is InChI=1S/C17H17ClFN3O3/c1-11-5-6-20-15(7-11)21-16(23)9-22(2)17(24)10-25-12-3-4-14(19)13(18)8-12/h3-8H,9-10H2,1-2H3,(H,20,21,23). The number of ether oxygens (including phenoxy) is 1. The maximum atomic E-state index is 13.1. The van der Waals surface area contributed by atoms with Gasteiger partial charge in [-0.1, -0.05) is 11.6 Å². The molecule has 0 atom stereocenters. The number of amides is 2. The molecule has 0 radical (unpaired) electrons. The van der Waals surface area contributed by atoms with Crippen molar-refractivity contribution in [2.45, 2.75) is 6.92 Å². The highest BCUT2D eigenvalue weighted by Crippen LogP contribution is 2.21. The number of nitrogens with zero attached hydrogens (tertiary/aromatic N) is 2. The summed E-state index contributed by atoms with van der Waals surface area (Å²) in [6.07, 6.45) is 1.58. The van der Waals surface area contributed by atoms with Gasteiger partial charge in [-0.15, -0.1) is 0 Å². The summed E-state index contributed by atoms with van der Waals surface area (Å²) < 4.78 is 18.3. The van der Waals surface area contributed by atoms with E-state index in [9.17, 15) is 14.0 Å². The van der Waals surface area contributed by atoms with Crippen LogP contribution < -0.4 is 10.1 Å². The van der Waals surface area contributed by atoms with E-state index in [-0.39, 0.29) is 29.8 Å². The van der Waals surface area contributed by atoms with Gasteiger partial charge in [0, 0.05) is 19.3 Å². The quantitative estimate of drug-likeness (QED) is 0.854. The van der Waals surface area contributed by atoms with Crippen molar-refractivity contribution in [2.75, 3.05) is 25.5 Å². The number of nitrogens with one attached hydrogen (secondary N) is 1.